The summed E-state index contributed by atoms with van der Waals surface area (Å²) in [6, 6.07) is -4.50. The number of rotatable bonds is 10. The van der Waals surface area contributed by atoms with Crippen LogP contribution in [0.5, 0.6) is 0 Å². The van der Waals surface area contributed by atoms with Crippen molar-refractivity contribution in [1.29, 1.82) is 0 Å². The van der Waals surface area contributed by atoms with Crippen LogP contribution in [0.15, 0.2) is 0 Å². The third-order valence-corrected chi connectivity index (χ3v) is 5.23. The zero-order valence-electron chi connectivity index (χ0n) is 16.8. The second-order valence-corrected chi connectivity index (χ2v) is 7.57. The molecule has 2 fully saturated rings. The number of carboxylic acid groups (broad SMARTS) is 2. The molecule has 0 aliphatic carbocycles. The zero-order chi connectivity index (χ0) is 23.1. The number of likely N-dealkylation sites (tertiary alicyclic amines) is 1. The number of nitrogens with one attached hydrogen (secondary N) is 3. The lowest BCUT2D eigenvalue weighted by molar-refractivity contribution is -0.147. The number of carbonyl (C=O) groups excluding carboxylic acids is 4. The number of nitrogens with two attached hydrogens (primary N) is 1. The van der Waals surface area contributed by atoms with Crippen LogP contribution in [0.2, 0.25) is 0 Å². The third kappa shape index (κ3) is 6.64. The molecule has 0 radical (unpaired) electrons. The summed E-state index contributed by atoms with van der Waals surface area (Å²) in [5.74, 6) is -5.71. The van der Waals surface area contributed by atoms with Crippen LogP contribution < -0.4 is 21.7 Å². The van der Waals surface area contributed by atoms with Gasteiger partial charge in [-0.05, 0) is 32.2 Å². The van der Waals surface area contributed by atoms with Crippen molar-refractivity contribution in [3.8, 4) is 0 Å². The van der Waals surface area contributed by atoms with Gasteiger partial charge in [0, 0.05) is 6.54 Å². The molecule has 2 heterocycles. The van der Waals surface area contributed by atoms with Gasteiger partial charge in [0.25, 0.3) is 0 Å². The first-order chi connectivity index (χ1) is 14.6. The average molecular weight is 441 g/mol. The third-order valence-electron chi connectivity index (χ3n) is 5.23. The van der Waals surface area contributed by atoms with Crippen molar-refractivity contribution in [2.24, 2.45) is 5.73 Å². The number of hydrogen-bond acceptors (Lipinski definition) is 7. The summed E-state index contributed by atoms with van der Waals surface area (Å²) in [7, 11) is 0. The van der Waals surface area contributed by atoms with Gasteiger partial charge in [-0.2, -0.15) is 0 Å². The van der Waals surface area contributed by atoms with E-state index in [0.29, 0.717) is 19.4 Å². The molecule has 4 atom stereocenters. The topological polar surface area (TPSA) is 208 Å². The summed E-state index contributed by atoms with van der Waals surface area (Å²) in [5.41, 5.74) is 5.00. The Hall–Kier alpha value is -3.22. The number of carbonyl (C=O) groups is 6. The zero-order valence-corrected chi connectivity index (χ0v) is 16.8. The van der Waals surface area contributed by atoms with Gasteiger partial charge in [-0.25, -0.2) is 4.79 Å². The molecule has 0 aromatic rings. The van der Waals surface area contributed by atoms with Crippen LogP contribution in [0.4, 0.5) is 0 Å². The predicted octanol–water partition coefficient (Wildman–Crippen LogP) is -2.87. The summed E-state index contributed by atoms with van der Waals surface area (Å²) in [6.45, 7) is 0.776. The number of amides is 4. The molecule has 0 aromatic carbocycles. The van der Waals surface area contributed by atoms with Crippen molar-refractivity contribution in [2.75, 3.05) is 13.1 Å². The molecule has 2 saturated heterocycles. The Balaban J connectivity index is 2.10. The summed E-state index contributed by atoms with van der Waals surface area (Å²) >= 11 is 0. The molecule has 7 N–H and O–H groups in total. The van der Waals surface area contributed by atoms with Crippen LogP contribution in [0, 0.1) is 0 Å². The van der Waals surface area contributed by atoms with Gasteiger partial charge in [0.05, 0.1) is 18.9 Å². The van der Waals surface area contributed by atoms with Gasteiger partial charge < -0.3 is 36.8 Å². The fourth-order valence-electron chi connectivity index (χ4n) is 3.73. The minimum Gasteiger partial charge on any atom is -0.481 e. The summed E-state index contributed by atoms with van der Waals surface area (Å²) in [5, 5.41) is 25.9. The van der Waals surface area contributed by atoms with Crippen molar-refractivity contribution >= 4 is 35.6 Å². The minimum absolute atomic E-state index is 0.137. The number of carboxylic acids is 2. The molecule has 0 saturated carbocycles. The summed E-state index contributed by atoms with van der Waals surface area (Å²) < 4.78 is 0. The highest BCUT2D eigenvalue weighted by Gasteiger charge is 2.40. The lowest BCUT2D eigenvalue weighted by Crippen LogP contribution is -2.57. The molecular weight excluding hydrogens is 414 g/mol. The molecule has 4 unspecified atom stereocenters. The van der Waals surface area contributed by atoms with Crippen molar-refractivity contribution < 1.29 is 39.0 Å². The normalized spacial score (nSPS) is 22.4. The predicted molar refractivity (Wildman–Crippen MR) is 103 cm³/mol. The van der Waals surface area contributed by atoms with Gasteiger partial charge in [-0.3, -0.25) is 24.0 Å². The molecule has 0 aromatic heterocycles. The minimum atomic E-state index is -1.55. The quantitative estimate of drug-likeness (QED) is 0.206. The Morgan fingerprint density at radius 2 is 1.65 bits per heavy atom. The lowest BCUT2D eigenvalue weighted by atomic mass is 10.1. The van der Waals surface area contributed by atoms with Gasteiger partial charge in [0.15, 0.2) is 0 Å². The first-order valence-electron chi connectivity index (χ1n) is 9.97. The second-order valence-electron chi connectivity index (χ2n) is 7.57. The fourth-order valence-corrected chi connectivity index (χ4v) is 3.73. The van der Waals surface area contributed by atoms with E-state index in [2.05, 4.69) is 16.0 Å². The van der Waals surface area contributed by atoms with E-state index < -0.39 is 72.6 Å². The van der Waals surface area contributed by atoms with E-state index in [1.165, 1.54) is 0 Å². The number of aliphatic carboxylic acids is 2. The van der Waals surface area contributed by atoms with Gasteiger partial charge in [0.1, 0.15) is 18.1 Å². The number of hydrogen-bond donors (Lipinski definition) is 6. The average Bonchev–Trinajstić information content (AvgIpc) is 3.37. The standard InChI is InChI=1S/C18H27N5O8/c19-13(24)7-11(18(30)31)22-16(28)12-4-2-6-23(12)17(29)10(8-14(25)26)21-15(27)9-3-1-5-20-9/h9-12,20H,1-8H2,(H2,19,24)(H,21,27)(H,22,28)(H,25,26)(H,30,31). The fraction of sp³-hybridized carbons (Fsp3) is 0.667. The molecule has 0 bridgehead atoms. The summed E-state index contributed by atoms with van der Waals surface area (Å²) in [4.78, 5) is 72.6. The van der Waals surface area contributed by atoms with E-state index >= 15 is 0 Å². The Labute approximate surface area is 177 Å². The first-order valence-corrected chi connectivity index (χ1v) is 9.97. The smallest absolute Gasteiger partial charge is 0.326 e. The molecule has 4 amide bonds. The molecule has 31 heavy (non-hydrogen) atoms. The Morgan fingerprint density at radius 1 is 0.968 bits per heavy atom. The highest BCUT2D eigenvalue weighted by molar-refractivity contribution is 5.96. The van der Waals surface area contributed by atoms with Crippen LogP contribution >= 0.6 is 0 Å². The van der Waals surface area contributed by atoms with Gasteiger partial charge in [-0.1, -0.05) is 0 Å². The lowest BCUT2D eigenvalue weighted by Gasteiger charge is -2.29. The van der Waals surface area contributed by atoms with Crippen LogP contribution in [0.3, 0.4) is 0 Å². The Bertz CT molecular complexity index is 751. The van der Waals surface area contributed by atoms with Crippen molar-refractivity contribution in [1.82, 2.24) is 20.9 Å². The first kappa shape index (κ1) is 24.1. The Morgan fingerprint density at radius 3 is 2.19 bits per heavy atom. The molecule has 2 aliphatic rings. The molecule has 2 aliphatic heterocycles. The van der Waals surface area contributed by atoms with E-state index in [1.54, 1.807) is 0 Å². The van der Waals surface area contributed by atoms with E-state index in [0.717, 1.165) is 11.3 Å². The van der Waals surface area contributed by atoms with Crippen molar-refractivity contribution in [3.05, 3.63) is 0 Å². The number of primary amides is 1. The maximum Gasteiger partial charge on any atom is 0.326 e. The number of nitrogens with zero attached hydrogens (tertiary/aromatic N) is 1. The highest BCUT2D eigenvalue weighted by Crippen LogP contribution is 2.20. The van der Waals surface area contributed by atoms with E-state index in [-0.39, 0.29) is 13.0 Å². The van der Waals surface area contributed by atoms with Gasteiger partial charge in [-0.15, -0.1) is 0 Å². The summed E-state index contributed by atoms with van der Waals surface area (Å²) in [6.07, 6.45) is 0.703. The molecule has 0 spiro atoms. The van der Waals surface area contributed by atoms with E-state index in [4.69, 9.17) is 15.9 Å². The molecule has 13 nitrogen and oxygen atoms in total. The maximum atomic E-state index is 13.0. The van der Waals surface area contributed by atoms with E-state index in [1.807, 2.05) is 0 Å². The van der Waals surface area contributed by atoms with Crippen LogP contribution in [0.25, 0.3) is 0 Å². The monoisotopic (exact) mass is 441 g/mol. The van der Waals surface area contributed by atoms with Crippen LogP contribution in [0.1, 0.15) is 38.5 Å². The largest absolute Gasteiger partial charge is 0.481 e. The highest BCUT2D eigenvalue weighted by atomic mass is 16.4. The van der Waals surface area contributed by atoms with Gasteiger partial charge in [0.2, 0.25) is 23.6 Å². The second kappa shape index (κ2) is 10.7. The molecular formula is C18H27N5O8. The molecule has 172 valence electrons. The SMILES string of the molecule is NC(=O)CC(NC(=O)C1CCCN1C(=O)C(CC(=O)O)NC(=O)C1CCCN1)C(=O)O. The van der Waals surface area contributed by atoms with Crippen LogP contribution in [-0.4, -0.2) is 87.9 Å². The van der Waals surface area contributed by atoms with Gasteiger partial charge >= 0.3 is 11.9 Å². The Kier molecular flexibility index (Phi) is 8.30. The molecule has 2 rings (SSSR count). The van der Waals surface area contributed by atoms with Crippen molar-refractivity contribution in [2.45, 2.75) is 62.7 Å². The van der Waals surface area contributed by atoms with E-state index in [9.17, 15) is 28.8 Å². The van der Waals surface area contributed by atoms with Crippen molar-refractivity contribution in [3.63, 3.8) is 0 Å². The van der Waals surface area contributed by atoms with Crippen LogP contribution in [-0.2, 0) is 28.8 Å². The maximum absolute atomic E-state index is 13.0. The molecule has 13 heteroatoms.